The van der Waals surface area contributed by atoms with Crippen molar-refractivity contribution in [2.75, 3.05) is 12.4 Å². The zero-order valence-electron chi connectivity index (χ0n) is 9.68. The van der Waals surface area contributed by atoms with Crippen LogP contribution in [0.2, 0.25) is 0 Å². The van der Waals surface area contributed by atoms with E-state index in [0.29, 0.717) is 0 Å². The lowest BCUT2D eigenvalue weighted by atomic mass is 10.2. The van der Waals surface area contributed by atoms with Gasteiger partial charge in [-0.25, -0.2) is 0 Å². The number of methoxy groups -OCH3 is 1. The van der Waals surface area contributed by atoms with Crippen molar-refractivity contribution in [3.63, 3.8) is 0 Å². The van der Waals surface area contributed by atoms with E-state index in [2.05, 4.69) is 5.32 Å². The van der Waals surface area contributed by atoms with Gasteiger partial charge in [-0.05, 0) is 42.0 Å². The zero-order chi connectivity index (χ0) is 12.1. The molecule has 0 aliphatic rings. The number of ether oxygens (including phenoxy) is 1. The van der Waals surface area contributed by atoms with Crippen LogP contribution in [0.3, 0.4) is 0 Å². The number of rotatable bonds is 4. The molecule has 2 N–H and O–H groups in total. The summed E-state index contributed by atoms with van der Waals surface area (Å²) in [6.07, 6.45) is 0. The Morgan fingerprint density at radius 1 is 1.00 bits per heavy atom. The highest BCUT2D eigenvalue weighted by atomic mass is 16.5. The standard InChI is InChI=1S/C14H15NO2/c1-17-14-8-4-12(5-9-14)15-10-11-2-6-13(16)7-3-11/h2-9,15-16H,10H2,1H3. The molecule has 0 atom stereocenters. The van der Waals surface area contributed by atoms with Crippen LogP contribution in [0, 0.1) is 0 Å². The predicted octanol–water partition coefficient (Wildman–Crippen LogP) is 3.01. The molecule has 0 bridgehead atoms. The van der Waals surface area contributed by atoms with Crippen LogP contribution < -0.4 is 10.1 Å². The van der Waals surface area contributed by atoms with Gasteiger partial charge in [-0.1, -0.05) is 12.1 Å². The number of aromatic hydroxyl groups is 1. The van der Waals surface area contributed by atoms with Crippen molar-refractivity contribution in [3.05, 3.63) is 54.1 Å². The Morgan fingerprint density at radius 2 is 1.65 bits per heavy atom. The fourth-order valence-electron chi connectivity index (χ4n) is 1.53. The summed E-state index contributed by atoms with van der Waals surface area (Å²) in [5.41, 5.74) is 2.16. The Hall–Kier alpha value is -2.16. The summed E-state index contributed by atoms with van der Waals surface area (Å²) in [6, 6.07) is 14.9. The van der Waals surface area contributed by atoms with Crippen LogP contribution in [-0.2, 0) is 6.54 Å². The molecule has 88 valence electrons. The summed E-state index contributed by atoms with van der Waals surface area (Å²) in [4.78, 5) is 0. The number of hydrogen-bond acceptors (Lipinski definition) is 3. The van der Waals surface area contributed by atoms with Gasteiger partial charge in [0.25, 0.3) is 0 Å². The Bertz CT molecular complexity index is 463. The van der Waals surface area contributed by atoms with Crippen LogP contribution in [0.4, 0.5) is 5.69 Å². The number of phenolic OH excluding ortho intramolecular Hbond substituents is 1. The first-order valence-electron chi connectivity index (χ1n) is 5.44. The smallest absolute Gasteiger partial charge is 0.119 e. The highest BCUT2D eigenvalue weighted by Crippen LogP contribution is 2.16. The molecule has 0 radical (unpaired) electrons. The van der Waals surface area contributed by atoms with Crippen molar-refractivity contribution >= 4 is 5.69 Å². The summed E-state index contributed by atoms with van der Waals surface area (Å²) < 4.78 is 5.09. The van der Waals surface area contributed by atoms with E-state index in [9.17, 15) is 0 Å². The minimum absolute atomic E-state index is 0.290. The molecule has 3 nitrogen and oxygen atoms in total. The van der Waals surface area contributed by atoms with E-state index in [1.807, 2.05) is 36.4 Å². The van der Waals surface area contributed by atoms with Gasteiger partial charge in [0.1, 0.15) is 11.5 Å². The van der Waals surface area contributed by atoms with Gasteiger partial charge < -0.3 is 15.2 Å². The maximum Gasteiger partial charge on any atom is 0.119 e. The monoisotopic (exact) mass is 229 g/mol. The van der Waals surface area contributed by atoms with Crippen molar-refractivity contribution in [2.45, 2.75) is 6.54 Å². The first-order chi connectivity index (χ1) is 8.28. The van der Waals surface area contributed by atoms with E-state index >= 15 is 0 Å². The minimum atomic E-state index is 0.290. The van der Waals surface area contributed by atoms with Crippen LogP contribution in [-0.4, -0.2) is 12.2 Å². The highest BCUT2D eigenvalue weighted by Gasteiger charge is 1.95. The van der Waals surface area contributed by atoms with Crippen molar-refractivity contribution in [1.82, 2.24) is 0 Å². The van der Waals surface area contributed by atoms with Gasteiger partial charge in [-0.2, -0.15) is 0 Å². The van der Waals surface area contributed by atoms with Crippen molar-refractivity contribution in [1.29, 1.82) is 0 Å². The lowest BCUT2D eigenvalue weighted by molar-refractivity contribution is 0.415. The molecule has 0 aliphatic heterocycles. The number of hydrogen-bond donors (Lipinski definition) is 2. The third-order valence-electron chi connectivity index (χ3n) is 2.52. The average Bonchev–Trinajstić information content (AvgIpc) is 2.39. The van der Waals surface area contributed by atoms with Crippen LogP contribution in [0.25, 0.3) is 0 Å². The van der Waals surface area contributed by atoms with Gasteiger partial charge in [0.05, 0.1) is 7.11 Å². The molecule has 0 aromatic heterocycles. The van der Waals surface area contributed by atoms with Crippen molar-refractivity contribution in [3.8, 4) is 11.5 Å². The summed E-state index contributed by atoms with van der Waals surface area (Å²) >= 11 is 0. The van der Waals surface area contributed by atoms with Crippen LogP contribution in [0.15, 0.2) is 48.5 Å². The summed E-state index contributed by atoms with van der Waals surface area (Å²) in [5.74, 6) is 1.14. The van der Waals surface area contributed by atoms with Crippen LogP contribution in [0.1, 0.15) is 5.56 Å². The van der Waals surface area contributed by atoms with E-state index in [4.69, 9.17) is 9.84 Å². The molecule has 0 unspecified atom stereocenters. The number of anilines is 1. The van der Waals surface area contributed by atoms with E-state index in [1.165, 1.54) is 0 Å². The number of benzene rings is 2. The molecular weight excluding hydrogens is 214 g/mol. The molecule has 3 heteroatoms. The summed E-state index contributed by atoms with van der Waals surface area (Å²) in [6.45, 7) is 0.729. The molecule has 0 amide bonds. The Balaban J connectivity index is 1.95. The van der Waals surface area contributed by atoms with Gasteiger partial charge >= 0.3 is 0 Å². The lowest BCUT2D eigenvalue weighted by Gasteiger charge is -2.07. The van der Waals surface area contributed by atoms with E-state index in [-0.39, 0.29) is 5.75 Å². The minimum Gasteiger partial charge on any atom is -0.508 e. The van der Waals surface area contributed by atoms with Gasteiger partial charge in [-0.3, -0.25) is 0 Å². The molecule has 17 heavy (non-hydrogen) atoms. The van der Waals surface area contributed by atoms with Crippen molar-refractivity contribution < 1.29 is 9.84 Å². The van der Waals surface area contributed by atoms with Gasteiger partial charge in [0.15, 0.2) is 0 Å². The molecule has 0 heterocycles. The molecule has 0 spiro atoms. The zero-order valence-corrected chi connectivity index (χ0v) is 9.68. The topological polar surface area (TPSA) is 41.5 Å². The Morgan fingerprint density at radius 3 is 2.24 bits per heavy atom. The molecule has 0 fully saturated rings. The molecule has 0 saturated carbocycles. The Kier molecular flexibility index (Phi) is 3.50. The largest absolute Gasteiger partial charge is 0.508 e. The van der Waals surface area contributed by atoms with Crippen LogP contribution >= 0.6 is 0 Å². The lowest BCUT2D eigenvalue weighted by Crippen LogP contribution is -1.98. The quantitative estimate of drug-likeness (QED) is 0.846. The molecule has 2 aromatic rings. The average molecular weight is 229 g/mol. The van der Waals surface area contributed by atoms with Crippen molar-refractivity contribution in [2.24, 2.45) is 0 Å². The second-order valence-electron chi connectivity index (χ2n) is 3.75. The van der Waals surface area contributed by atoms with Gasteiger partial charge in [0, 0.05) is 12.2 Å². The van der Waals surface area contributed by atoms with E-state index in [1.54, 1.807) is 19.2 Å². The fraction of sp³-hybridized carbons (Fsp3) is 0.143. The molecule has 0 aliphatic carbocycles. The number of phenols is 1. The molecule has 2 rings (SSSR count). The maximum absolute atomic E-state index is 9.17. The summed E-state index contributed by atoms with van der Waals surface area (Å²) in [5, 5.41) is 12.5. The first-order valence-corrected chi connectivity index (χ1v) is 5.44. The first kappa shape index (κ1) is 11.3. The fourth-order valence-corrected chi connectivity index (χ4v) is 1.53. The molecule has 0 saturated heterocycles. The maximum atomic E-state index is 9.17. The normalized spacial score (nSPS) is 9.94. The third-order valence-corrected chi connectivity index (χ3v) is 2.52. The number of nitrogens with one attached hydrogen (secondary N) is 1. The van der Waals surface area contributed by atoms with Gasteiger partial charge in [0.2, 0.25) is 0 Å². The second kappa shape index (κ2) is 5.25. The van der Waals surface area contributed by atoms with E-state index in [0.717, 1.165) is 23.5 Å². The SMILES string of the molecule is COc1ccc(NCc2ccc(O)cc2)cc1. The Labute approximate surface area is 101 Å². The summed E-state index contributed by atoms with van der Waals surface area (Å²) in [7, 11) is 1.65. The van der Waals surface area contributed by atoms with E-state index < -0.39 is 0 Å². The predicted molar refractivity (Wildman–Crippen MR) is 68.4 cm³/mol. The second-order valence-corrected chi connectivity index (χ2v) is 3.75. The highest BCUT2D eigenvalue weighted by molar-refractivity contribution is 5.46. The molecule has 2 aromatic carbocycles. The van der Waals surface area contributed by atoms with Crippen LogP contribution in [0.5, 0.6) is 11.5 Å². The van der Waals surface area contributed by atoms with Gasteiger partial charge in [-0.15, -0.1) is 0 Å². The molecular formula is C14H15NO2. The third kappa shape index (κ3) is 3.14.